The summed E-state index contributed by atoms with van der Waals surface area (Å²) in [6, 6.07) is 13.2. The summed E-state index contributed by atoms with van der Waals surface area (Å²) in [5, 5.41) is 8.47. The number of carbonyl (C=O) groups is 5. The van der Waals surface area contributed by atoms with Crippen molar-refractivity contribution in [3.63, 3.8) is 0 Å². The molecule has 2 aliphatic heterocycles. The highest BCUT2D eigenvalue weighted by atomic mass is 16.6. The number of likely N-dealkylation sites (N-methyl/N-ethyl adjacent to an activating group) is 1. The van der Waals surface area contributed by atoms with E-state index in [1.54, 1.807) is 25.7 Å². The zero-order chi connectivity index (χ0) is 35.6. The number of nitrogens with zero attached hydrogens (tertiary/aromatic N) is 2. The van der Waals surface area contributed by atoms with Crippen molar-refractivity contribution < 1.29 is 33.4 Å². The Kier molecular flexibility index (Phi) is 13.0. The van der Waals surface area contributed by atoms with Crippen molar-refractivity contribution in [3.8, 4) is 5.75 Å². The first-order valence-electron chi connectivity index (χ1n) is 17.1. The minimum Gasteiger partial charge on any atom is -0.494 e. The quantitative estimate of drug-likeness (QED) is 0.424. The average molecular weight is 678 g/mol. The van der Waals surface area contributed by atoms with Crippen LogP contribution in [0, 0.1) is 12.8 Å². The number of rotatable bonds is 6. The summed E-state index contributed by atoms with van der Waals surface area (Å²) in [4.78, 5) is 69.8. The lowest BCUT2D eigenvalue weighted by atomic mass is 9.94. The summed E-state index contributed by atoms with van der Waals surface area (Å²) < 4.78 is 11.4. The molecule has 12 heteroatoms. The van der Waals surface area contributed by atoms with Crippen molar-refractivity contribution in [2.24, 2.45) is 5.92 Å². The minimum atomic E-state index is -1.28. The normalized spacial score (nSPS) is 20.9. The monoisotopic (exact) mass is 677 g/mol. The molecule has 4 bridgehead atoms. The van der Waals surface area contributed by atoms with Crippen LogP contribution in [0.3, 0.4) is 0 Å². The highest BCUT2D eigenvalue weighted by Crippen LogP contribution is 2.23. The molecule has 0 saturated carbocycles. The molecule has 3 atom stereocenters. The molecule has 2 heterocycles. The van der Waals surface area contributed by atoms with Crippen LogP contribution in [0.1, 0.15) is 69.6 Å². The molecule has 4 rings (SSSR count). The van der Waals surface area contributed by atoms with E-state index in [1.165, 1.54) is 7.05 Å². The molecule has 0 radical (unpaired) electrons. The van der Waals surface area contributed by atoms with Crippen LogP contribution in [0.4, 0.5) is 4.79 Å². The van der Waals surface area contributed by atoms with E-state index in [0.717, 1.165) is 40.9 Å². The summed E-state index contributed by atoms with van der Waals surface area (Å²) in [6.07, 6.45) is 2.32. The van der Waals surface area contributed by atoms with Crippen LogP contribution in [-0.4, -0.2) is 90.5 Å². The first kappa shape index (κ1) is 37.2. The van der Waals surface area contributed by atoms with E-state index in [2.05, 4.69) is 16.0 Å². The van der Waals surface area contributed by atoms with Gasteiger partial charge in [-0.15, -0.1) is 0 Å². The lowest BCUT2D eigenvalue weighted by Crippen LogP contribution is -2.56. The predicted octanol–water partition coefficient (Wildman–Crippen LogP) is 3.49. The number of carbonyl (C=O) groups excluding carboxylic acids is 5. The Hall–Kier alpha value is -4.61. The third-order valence-corrected chi connectivity index (χ3v) is 8.75. The maximum Gasteiger partial charge on any atom is 0.410 e. The van der Waals surface area contributed by atoms with E-state index in [9.17, 15) is 24.0 Å². The Morgan fingerprint density at radius 3 is 2.55 bits per heavy atom. The number of hydrogen-bond acceptors (Lipinski definition) is 7. The SMILES string of the molecule is Cc1ccc2cc1CNC(=O)[C@H](CCc1ccccc1)NC(=O)[C@@H](NC(=O)CN(C)C(=O)OC(C)(C)C)CC(=O)N1CCCC(CCO2)C1. The smallest absolute Gasteiger partial charge is 0.410 e. The van der Waals surface area contributed by atoms with Gasteiger partial charge in [-0.2, -0.15) is 0 Å². The zero-order valence-corrected chi connectivity index (χ0v) is 29.4. The van der Waals surface area contributed by atoms with Gasteiger partial charge in [-0.1, -0.05) is 36.4 Å². The van der Waals surface area contributed by atoms with E-state index in [-0.39, 0.29) is 31.2 Å². The molecule has 2 aromatic rings. The molecule has 2 aliphatic rings. The Morgan fingerprint density at radius 2 is 1.82 bits per heavy atom. The highest BCUT2D eigenvalue weighted by Gasteiger charge is 2.32. The second kappa shape index (κ2) is 17.2. The van der Waals surface area contributed by atoms with Gasteiger partial charge in [-0.05, 0) is 94.5 Å². The van der Waals surface area contributed by atoms with E-state index in [1.807, 2.05) is 55.5 Å². The second-order valence-electron chi connectivity index (χ2n) is 14.0. The fourth-order valence-corrected chi connectivity index (χ4v) is 5.97. The number of amides is 5. The van der Waals surface area contributed by atoms with Crippen molar-refractivity contribution in [2.45, 2.75) is 90.4 Å². The highest BCUT2D eigenvalue weighted by molar-refractivity contribution is 5.95. The van der Waals surface area contributed by atoms with Crippen molar-refractivity contribution in [1.29, 1.82) is 0 Å². The van der Waals surface area contributed by atoms with Crippen LogP contribution in [0.25, 0.3) is 0 Å². The fraction of sp³-hybridized carbons (Fsp3) is 0.541. The van der Waals surface area contributed by atoms with E-state index >= 15 is 0 Å². The molecule has 0 spiro atoms. The van der Waals surface area contributed by atoms with Gasteiger partial charge in [-0.25, -0.2) is 4.79 Å². The Balaban J connectivity index is 1.58. The molecule has 3 N–H and O–H groups in total. The molecule has 5 amide bonds. The van der Waals surface area contributed by atoms with Crippen molar-refractivity contribution in [2.75, 3.05) is 33.3 Å². The molecule has 1 unspecified atom stereocenters. The third kappa shape index (κ3) is 11.8. The van der Waals surface area contributed by atoms with Gasteiger partial charge >= 0.3 is 6.09 Å². The largest absolute Gasteiger partial charge is 0.494 e. The number of fused-ring (bicyclic) bond motifs is 4. The number of aryl methyl sites for hydroxylation is 2. The van der Waals surface area contributed by atoms with Gasteiger partial charge in [0.25, 0.3) is 0 Å². The van der Waals surface area contributed by atoms with Crippen molar-refractivity contribution in [3.05, 3.63) is 65.2 Å². The molecule has 1 fully saturated rings. The van der Waals surface area contributed by atoms with Crippen molar-refractivity contribution >= 4 is 29.7 Å². The van der Waals surface area contributed by atoms with Crippen LogP contribution in [0.5, 0.6) is 5.75 Å². The molecule has 0 aromatic heterocycles. The van der Waals surface area contributed by atoms with E-state index in [0.29, 0.717) is 31.9 Å². The molecule has 2 aromatic carbocycles. The van der Waals surface area contributed by atoms with Gasteiger partial charge in [-0.3, -0.25) is 19.2 Å². The lowest BCUT2D eigenvalue weighted by molar-refractivity contribution is -0.138. The molecular formula is C37H51N5O7. The number of ether oxygens (including phenoxy) is 2. The summed E-state index contributed by atoms with van der Waals surface area (Å²) in [5.74, 6) is -1.02. The number of nitrogens with one attached hydrogen (secondary N) is 3. The van der Waals surface area contributed by atoms with Crippen LogP contribution < -0.4 is 20.7 Å². The summed E-state index contributed by atoms with van der Waals surface area (Å²) in [7, 11) is 1.42. The van der Waals surface area contributed by atoms with Crippen molar-refractivity contribution in [1.82, 2.24) is 25.8 Å². The lowest BCUT2D eigenvalue weighted by Gasteiger charge is -2.34. The first-order chi connectivity index (χ1) is 23.3. The van der Waals surface area contributed by atoms with Gasteiger partial charge in [0.05, 0.1) is 13.0 Å². The minimum absolute atomic E-state index is 0.229. The van der Waals surface area contributed by atoms with Crippen LogP contribution in [-0.2, 0) is 36.9 Å². The summed E-state index contributed by atoms with van der Waals surface area (Å²) >= 11 is 0. The molecule has 1 saturated heterocycles. The predicted molar refractivity (Wildman–Crippen MR) is 185 cm³/mol. The second-order valence-corrected chi connectivity index (χ2v) is 14.0. The Morgan fingerprint density at radius 1 is 1.06 bits per heavy atom. The fourth-order valence-electron chi connectivity index (χ4n) is 5.97. The first-order valence-corrected chi connectivity index (χ1v) is 17.1. The van der Waals surface area contributed by atoms with E-state index < -0.39 is 48.0 Å². The topological polar surface area (TPSA) is 146 Å². The van der Waals surface area contributed by atoms with Gasteiger partial charge in [0.1, 0.15) is 30.0 Å². The number of piperidine rings is 1. The van der Waals surface area contributed by atoms with Gasteiger partial charge < -0.3 is 35.2 Å². The molecule has 0 aliphatic carbocycles. The van der Waals surface area contributed by atoms with E-state index in [4.69, 9.17) is 9.47 Å². The molecule has 49 heavy (non-hydrogen) atoms. The van der Waals surface area contributed by atoms with Crippen LogP contribution in [0.2, 0.25) is 0 Å². The molecule has 266 valence electrons. The Labute approximate surface area is 289 Å². The molecule has 12 nitrogen and oxygen atoms in total. The number of hydrogen-bond donors (Lipinski definition) is 3. The zero-order valence-electron chi connectivity index (χ0n) is 29.4. The van der Waals surface area contributed by atoms with Gasteiger partial charge in [0.2, 0.25) is 23.6 Å². The van der Waals surface area contributed by atoms with Gasteiger partial charge in [0, 0.05) is 26.7 Å². The van der Waals surface area contributed by atoms with Crippen LogP contribution >= 0.6 is 0 Å². The maximum atomic E-state index is 13.9. The maximum absolute atomic E-state index is 13.9. The standard InChI is InChI=1S/C37H51N5O7/c1-25-13-15-29-20-28(25)22-38-34(45)30(16-14-26-10-7-6-8-11-26)40-35(46)31(39-32(43)24-41(5)36(47)49-37(2,3)4)21-33(44)42-18-9-12-27(23-42)17-19-48-29/h6-8,10-11,13,15,20,27,30-31H,9,12,14,16-19,21-24H2,1-5H3,(H,38,45)(H,39,43)(H,40,46)/t27?,30-,31-/m0/s1. The molecular weight excluding hydrogens is 626 g/mol. The van der Waals surface area contributed by atoms with Crippen LogP contribution in [0.15, 0.2) is 48.5 Å². The summed E-state index contributed by atoms with van der Waals surface area (Å²) in [5.41, 5.74) is 2.13. The summed E-state index contributed by atoms with van der Waals surface area (Å²) in [6.45, 7) is 8.51. The number of benzene rings is 2. The Bertz CT molecular complexity index is 1480. The third-order valence-electron chi connectivity index (χ3n) is 8.75. The average Bonchev–Trinajstić information content (AvgIpc) is 3.05. The van der Waals surface area contributed by atoms with Gasteiger partial charge in [0.15, 0.2) is 0 Å².